The molecule has 108 valence electrons. The highest BCUT2D eigenvalue weighted by atomic mass is 16.6. The van der Waals surface area contributed by atoms with Gasteiger partial charge in [0.25, 0.3) is 0 Å². The number of hydrogen-bond acceptors (Lipinski definition) is 4. The van der Waals surface area contributed by atoms with Crippen molar-refractivity contribution in [3.05, 3.63) is 77.3 Å². The lowest BCUT2D eigenvalue weighted by atomic mass is 10.1. The zero-order valence-corrected chi connectivity index (χ0v) is 12.1. The van der Waals surface area contributed by atoms with Crippen LogP contribution in [0.5, 0.6) is 0 Å². The van der Waals surface area contributed by atoms with Crippen molar-refractivity contribution in [2.45, 2.75) is 6.92 Å². The zero-order chi connectivity index (χ0) is 15.4. The first-order chi connectivity index (χ1) is 10.7. The molecule has 0 radical (unpaired) electrons. The molecule has 0 aliphatic carbocycles. The number of pyridine rings is 1. The molecule has 3 rings (SSSR count). The van der Waals surface area contributed by atoms with Gasteiger partial charge in [0.1, 0.15) is 0 Å². The number of rotatable bonds is 3. The molecule has 1 aromatic heterocycles. The van der Waals surface area contributed by atoms with E-state index in [2.05, 4.69) is 9.98 Å². The number of aryl methyl sites for hydroxylation is 1. The van der Waals surface area contributed by atoms with Crippen LogP contribution in [0.3, 0.4) is 0 Å². The first kappa shape index (κ1) is 13.9. The van der Waals surface area contributed by atoms with Crippen LogP contribution < -0.4 is 0 Å². The minimum Gasteiger partial charge on any atom is -0.403 e. The Morgan fingerprint density at radius 3 is 2.59 bits per heavy atom. The Labute approximate surface area is 128 Å². The van der Waals surface area contributed by atoms with Crippen LogP contribution in [0.2, 0.25) is 0 Å². The second-order valence-electron chi connectivity index (χ2n) is 4.90. The molecule has 22 heavy (non-hydrogen) atoms. The van der Waals surface area contributed by atoms with Crippen LogP contribution in [0.1, 0.15) is 16.7 Å². The minimum absolute atomic E-state index is 0.275. The van der Waals surface area contributed by atoms with Crippen LogP contribution in [0, 0.1) is 6.92 Å². The SMILES string of the molecule is Cc1ccc(/C=C/C2=NC(=C\c3cccnc3)/C(=O)O2)cc1. The summed E-state index contributed by atoms with van der Waals surface area (Å²) in [6.45, 7) is 2.03. The van der Waals surface area contributed by atoms with Crippen molar-refractivity contribution < 1.29 is 9.53 Å². The number of aliphatic imine (C=N–C) groups is 1. The van der Waals surface area contributed by atoms with E-state index in [0.29, 0.717) is 5.90 Å². The first-order valence-corrected chi connectivity index (χ1v) is 6.88. The van der Waals surface area contributed by atoms with E-state index in [-0.39, 0.29) is 5.70 Å². The van der Waals surface area contributed by atoms with Gasteiger partial charge in [0.2, 0.25) is 5.90 Å². The number of benzene rings is 1. The van der Waals surface area contributed by atoms with Gasteiger partial charge in [-0.15, -0.1) is 0 Å². The third kappa shape index (κ3) is 3.35. The highest BCUT2D eigenvalue weighted by Crippen LogP contribution is 2.16. The summed E-state index contributed by atoms with van der Waals surface area (Å²) in [5, 5.41) is 0. The third-order valence-corrected chi connectivity index (χ3v) is 3.12. The van der Waals surface area contributed by atoms with E-state index in [9.17, 15) is 4.79 Å². The molecular formula is C18H14N2O2. The largest absolute Gasteiger partial charge is 0.403 e. The fraction of sp³-hybridized carbons (Fsp3) is 0.0556. The Morgan fingerprint density at radius 1 is 1.05 bits per heavy atom. The average Bonchev–Trinajstić information content (AvgIpc) is 2.88. The molecule has 0 spiro atoms. The number of carbonyl (C=O) groups is 1. The molecule has 0 unspecified atom stereocenters. The summed E-state index contributed by atoms with van der Waals surface area (Å²) in [5.74, 6) is -0.159. The second kappa shape index (κ2) is 6.18. The van der Waals surface area contributed by atoms with Gasteiger partial charge in [-0.05, 0) is 36.3 Å². The van der Waals surface area contributed by atoms with Gasteiger partial charge in [-0.2, -0.15) is 0 Å². The molecule has 2 aromatic rings. The van der Waals surface area contributed by atoms with Crippen LogP contribution in [0.4, 0.5) is 0 Å². The Kier molecular flexibility index (Phi) is 3.92. The van der Waals surface area contributed by atoms with Crippen LogP contribution in [-0.2, 0) is 9.53 Å². The lowest BCUT2D eigenvalue weighted by molar-refractivity contribution is -0.129. The van der Waals surface area contributed by atoms with Crippen molar-refractivity contribution >= 4 is 24.0 Å². The van der Waals surface area contributed by atoms with Crippen molar-refractivity contribution in [2.24, 2.45) is 4.99 Å². The monoisotopic (exact) mass is 290 g/mol. The van der Waals surface area contributed by atoms with Gasteiger partial charge in [0, 0.05) is 18.5 Å². The first-order valence-electron chi connectivity index (χ1n) is 6.88. The van der Waals surface area contributed by atoms with Gasteiger partial charge >= 0.3 is 5.97 Å². The highest BCUT2D eigenvalue weighted by Gasteiger charge is 2.20. The molecular weight excluding hydrogens is 276 g/mol. The van der Waals surface area contributed by atoms with Gasteiger partial charge in [-0.3, -0.25) is 4.98 Å². The molecule has 0 saturated carbocycles. The summed E-state index contributed by atoms with van der Waals surface area (Å²) < 4.78 is 5.13. The summed E-state index contributed by atoms with van der Waals surface area (Å²) >= 11 is 0. The molecule has 0 bridgehead atoms. The summed E-state index contributed by atoms with van der Waals surface area (Å²) in [5.41, 5.74) is 3.30. The van der Waals surface area contributed by atoms with Gasteiger partial charge in [0.05, 0.1) is 0 Å². The smallest absolute Gasteiger partial charge is 0.363 e. The van der Waals surface area contributed by atoms with E-state index in [4.69, 9.17) is 4.74 Å². The normalized spacial score (nSPS) is 16.1. The van der Waals surface area contributed by atoms with Gasteiger partial charge in [-0.1, -0.05) is 35.9 Å². The van der Waals surface area contributed by atoms with Gasteiger partial charge in [-0.25, -0.2) is 9.79 Å². The zero-order valence-electron chi connectivity index (χ0n) is 12.1. The molecule has 4 nitrogen and oxygen atoms in total. The van der Waals surface area contributed by atoms with Crippen molar-refractivity contribution in [1.29, 1.82) is 0 Å². The number of aromatic nitrogens is 1. The van der Waals surface area contributed by atoms with Crippen LogP contribution in [0.25, 0.3) is 12.2 Å². The summed E-state index contributed by atoms with van der Waals surface area (Å²) in [6.07, 6.45) is 8.54. The van der Waals surface area contributed by atoms with E-state index in [1.165, 1.54) is 5.56 Å². The predicted molar refractivity (Wildman–Crippen MR) is 86.0 cm³/mol. The number of carbonyl (C=O) groups excluding carboxylic acids is 1. The summed E-state index contributed by atoms with van der Waals surface area (Å²) in [4.78, 5) is 20.0. The quantitative estimate of drug-likeness (QED) is 0.643. The van der Waals surface area contributed by atoms with Gasteiger partial charge < -0.3 is 4.74 Å². The second-order valence-corrected chi connectivity index (χ2v) is 4.90. The molecule has 1 aliphatic heterocycles. The fourth-order valence-corrected chi connectivity index (χ4v) is 1.96. The van der Waals surface area contributed by atoms with Crippen LogP contribution >= 0.6 is 0 Å². The number of hydrogen-bond donors (Lipinski definition) is 0. The molecule has 0 saturated heterocycles. The molecule has 1 aromatic carbocycles. The van der Waals surface area contributed by atoms with E-state index in [0.717, 1.165) is 11.1 Å². The molecule has 0 fully saturated rings. The Morgan fingerprint density at radius 2 is 1.86 bits per heavy atom. The molecule has 4 heteroatoms. The lowest BCUT2D eigenvalue weighted by Gasteiger charge is -1.94. The van der Waals surface area contributed by atoms with Crippen LogP contribution in [0.15, 0.2) is 65.6 Å². The van der Waals surface area contributed by atoms with Crippen molar-refractivity contribution in [3.63, 3.8) is 0 Å². The van der Waals surface area contributed by atoms with Crippen molar-refractivity contribution in [3.8, 4) is 0 Å². The maximum Gasteiger partial charge on any atom is 0.363 e. The molecule has 0 N–H and O–H groups in total. The maximum atomic E-state index is 11.8. The number of ether oxygens (including phenoxy) is 1. The van der Waals surface area contributed by atoms with Crippen molar-refractivity contribution in [2.75, 3.05) is 0 Å². The number of cyclic esters (lactones) is 1. The fourth-order valence-electron chi connectivity index (χ4n) is 1.96. The Bertz CT molecular complexity index is 772. The standard InChI is InChI=1S/C18H14N2O2/c1-13-4-6-14(7-5-13)8-9-17-20-16(18(21)22-17)11-15-3-2-10-19-12-15/h2-12H,1H3/b9-8+,16-11-. The Balaban J connectivity index is 1.78. The topological polar surface area (TPSA) is 51.5 Å². The van der Waals surface area contributed by atoms with Crippen LogP contribution in [-0.4, -0.2) is 16.9 Å². The van der Waals surface area contributed by atoms with Crippen molar-refractivity contribution in [1.82, 2.24) is 4.98 Å². The molecule has 0 atom stereocenters. The molecule has 0 amide bonds. The number of nitrogens with zero attached hydrogens (tertiary/aromatic N) is 2. The number of esters is 1. The summed E-state index contributed by atoms with van der Waals surface area (Å²) in [6, 6.07) is 11.7. The molecule has 1 aliphatic rings. The molecule has 2 heterocycles. The van der Waals surface area contributed by atoms with E-state index < -0.39 is 5.97 Å². The summed E-state index contributed by atoms with van der Waals surface area (Å²) in [7, 11) is 0. The Hall–Kier alpha value is -3.01. The third-order valence-electron chi connectivity index (χ3n) is 3.12. The van der Waals surface area contributed by atoms with E-state index >= 15 is 0 Å². The predicted octanol–water partition coefficient (Wildman–Crippen LogP) is 3.40. The van der Waals surface area contributed by atoms with Gasteiger partial charge in [0.15, 0.2) is 5.70 Å². The maximum absolute atomic E-state index is 11.8. The van der Waals surface area contributed by atoms with E-state index in [1.807, 2.05) is 43.3 Å². The average molecular weight is 290 g/mol. The minimum atomic E-state index is -0.451. The van der Waals surface area contributed by atoms with E-state index in [1.54, 1.807) is 30.6 Å². The lowest BCUT2D eigenvalue weighted by Crippen LogP contribution is -2.01. The highest BCUT2D eigenvalue weighted by molar-refractivity contribution is 6.11.